The van der Waals surface area contributed by atoms with E-state index in [1.54, 1.807) is 6.92 Å². The number of halogens is 2. The van der Waals surface area contributed by atoms with Gasteiger partial charge < -0.3 is 4.90 Å². The van der Waals surface area contributed by atoms with Crippen LogP contribution in [0.1, 0.15) is 39.4 Å². The van der Waals surface area contributed by atoms with Crippen molar-refractivity contribution in [2.75, 3.05) is 5.01 Å². The zero-order chi connectivity index (χ0) is 19.1. The van der Waals surface area contributed by atoms with E-state index in [9.17, 15) is 4.79 Å². The van der Waals surface area contributed by atoms with Crippen LogP contribution in [0.25, 0.3) is 0 Å². The van der Waals surface area contributed by atoms with Gasteiger partial charge in [-0.05, 0) is 62.7 Å². The third-order valence-corrected chi connectivity index (χ3v) is 4.71. The maximum Gasteiger partial charge on any atom is 0.196 e. The first-order valence-electron chi connectivity index (χ1n) is 8.37. The lowest BCUT2D eigenvalue weighted by atomic mass is 10.0. The molecule has 2 aromatic carbocycles. The fraction of sp³-hybridized carbons (Fsp3) is 0.300. The second kappa shape index (κ2) is 6.93. The predicted octanol–water partition coefficient (Wildman–Crippen LogP) is 5.52. The molecule has 1 heterocycles. The van der Waals surface area contributed by atoms with Crippen molar-refractivity contribution < 1.29 is 4.79 Å². The van der Waals surface area contributed by atoms with Crippen molar-refractivity contribution in [3.05, 3.63) is 64.1 Å². The number of rotatable bonds is 3. The molecular weight excluding hydrogens is 369 g/mol. The van der Waals surface area contributed by atoms with E-state index >= 15 is 0 Å². The molecule has 0 bridgehead atoms. The first kappa shape index (κ1) is 18.7. The van der Waals surface area contributed by atoms with Gasteiger partial charge in [-0.15, -0.1) is 5.10 Å². The van der Waals surface area contributed by atoms with Crippen LogP contribution < -0.4 is 5.01 Å². The van der Waals surface area contributed by atoms with Gasteiger partial charge in [-0.1, -0.05) is 35.3 Å². The van der Waals surface area contributed by atoms with Gasteiger partial charge in [0.05, 0.1) is 5.69 Å². The number of hydrogen-bond acceptors (Lipinski definition) is 4. The summed E-state index contributed by atoms with van der Waals surface area (Å²) in [7, 11) is 0. The Kier molecular flexibility index (Phi) is 5.00. The van der Waals surface area contributed by atoms with Crippen molar-refractivity contribution >= 4 is 40.5 Å². The molecule has 0 saturated carbocycles. The van der Waals surface area contributed by atoms with E-state index in [0.717, 1.165) is 11.3 Å². The zero-order valence-corrected chi connectivity index (χ0v) is 16.7. The highest BCUT2D eigenvalue weighted by Crippen LogP contribution is 2.40. The molecule has 0 N–H and O–H groups in total. The molecule has 0 aromatic heterocycles. The van der Waals surface area contributed by atoms with Crippen LogP contribution in [-0.2, 0) is 4.79 Å². The third-order valence-electron chi connectivity index (χ3n) is 4.20. The highest BCUT2D eigenvalue weighted by molar-refractivity contribution is 6.38. The number of hydrogen-bond donors (Lipinski definition) is 0. The molecule has 1 aliphatic heterocycles. The van der Waals surface area contributed by atoms with Gasteiger partial charge in [-0.2, -0.15) is 0 Å². The van der Waals surface area contributed by atoms with Crippen LogP contribution in [-0.4, -0.2) is 22.1 Å². The Morgan fingerprint density at radius 2 is 1.46 bits per heavy atom. The fourth-order valence-corrected chi connectivity index (χ4v) is 3.32. The number of anilines is 1. The van der Waals surface area contributed by atoms with E-state index in [2.05, 4.69) is 25.9 Å². The minimum absolute atomic E-state index is 0.0737. The number of Topliss-reactive ketones (excluding diaryl/α,β-unsaturated/α-hetero) is 1. The number of carbonyl (C=O) groups is 1. The summed E-state index contributed by atoms with van der Waals surface area (Å²) in [6.07, 6.45) is -0.257. The second-order valence-electron chi connectivity index (χ2n) is 7.27. The van der Waals surface area contributed by atoms with Gasteiger partial charge in [-0.25, -0.2) is 5.01 Å². The molecule has 26 heavy (non-hydrogen) atoms. The van der Waals surface area contributed by atoms with Crippen LogP contribution in [0.15, 0.2) is 53.6 Å². The Balaban J connectivity index is 2.16. The molecule has 1 atom stereocenters. The molecule has 2 aromatic rings. The van der Waals surface area contributed by atoms with E-state index < -0.39 is 0 Å². The van der Waals surface area contributed by atoms with Crippen molar-refractivity contribution in [1.82, 2.24) is 4.90 Å². The molecule has 0 radical (unpaired) electrons. The van der Waals surface area contributed by atoms with Gasteiger partial charge in [0.15, 0.2) is 17.8 Å². The quantitative estimate of drug-likeness (QED) is 0.693. The van der Waals surface area contributed by atoms with Crippen molar-refractivity contribution in [1.29, 1.82) is 0 Å². The number of hydrazone groups is 1. The van der Waals surface area contributed by atoms with Gasteiger partial charge in [0, 0.05) is 22.5 Å². The van der Waals surface area contributed by atoms with Gasteiger partial charge >= 0.3 is 0 Å². The van der Waals surface area contributed by atoms with E-state index in [1.165, 1.54) is 0 Å². The average Bonchev–Trinajstić information content (AvgIpc) is 2.97. The highest BCUT2D eigenvalue weighted by atomic mass is 35.5. The molecule has 0 aliphatic carbocycles. The maximum atomic E-state index is 12.3. The van der Waals surface area contributed by atoms with Crippen LogP contribution in [0, 0.1) is 0 Å². The average molecular weight is 390 g/mol. The SMILES string of the molecule is CC(=O)C1=NN(c2ccc(Cl)cc2)C(c2ccc(Cl)cc2)N1C(C)(C)C. The lowest BCUT2D eigenvalue weighted by Crippen LogP contribution is -2.49. The summed E-state index contributed by atoms with van der Waals surface area (Å²) in [6.45, 7) is 7.75. The first-order valence-corrected chi connectivity index (χ1v) is 9.13. The lowest BCUT2D eigenvalue weighted by molar-refractivity contribution is -0.112. The van der Waals surface area contributed by atoms with Crippen LogP contribution in [0.5, 0.6) is 0 Å². The number of amidine groups is 1. The zero-order valence-electron chi connectivity index (χ0n) is 15.2. The van der Waals surface area contributed by atoms with Crippen LogP contribution in [0.2, 0.25) is 10.0 Å². The van der Waals surface area contributed by atoms with Crippen LogP contribution >= 0.6 is 23.2 Å². The molecule has 6 heteroatoms. The van der Waals surface area contributed by atoms with E-state index in [4.69, 9.17) is 23.2 Å². The summed E-state index contributed by atoms with van der Waals surface area (Å²) < 4.78 is 0. The number of nitrogens with zero attached hydrogens (tertiary/aromatic N) is 3. The summed E-state index contributed by atoms with van der Waals surface area (Å²) in [5.74, 6) is 0.364. The molecule has 136 valence electrons. The third kappa shape index (κ3) is 3.57. The van der Waals surface area contributed by atoms with E-state index in [0.29, 0.717) is 15.9 Å². The Morgan fingerprint density at radius 3 is 1.92 bits per heavy atom. The Bertz CT molecular complexity index is 839. The van der Waals surface area contributed by atoms with Crippen molar-refractivity contribution in [3.63, 3.8) is 0 Å². The molecule has 4 nitrogen and oxygen atoms in total. The summed E-state index contributed by atoms with van der Waals surface area (Å²) >= 11 is 12.1. The largest absolute Gasteiger partial charge is 0.321 e. The Morgan fingerprint density at radius 1 is 0.962 bits per heavy atom. The molecule has 0 fully saturated rings. The summed E-state index contributed by atoms with van der Waals surface area (Å²) in [5.41, 5.74) is 1.55. The molecule has 0 saturated heterocycles. The van der Waals surface area contributed by atoms with Gasteiger partial charge in [0.2, 0.25) is 0 Å². The number of benzene rings is 2. The molecule has 1 unspecified atom stereocenters. The van der Waals surface area contributed by atoms with Crippen LogP contribution in [0.3, 0.4) is 0 Å². The Hall–Kier alpha value is -2.04. The summed E-state index contributed by atoms with van der Waals surface area (Å²) in [4.78, 5) is 14.4. The lowest BCUT2D eigenvalue weighted by Gasteiger charge is -2.40. The van der Waals surface area contributed by atoms with Gasteiger partial charge in [-0.3, -0.25) is 4.79 Å². The highest BCUT2D eigenvalue weighted by Gasteiger charge is 2.43. The normalized spacial score (nSPS) is 17.5. The first-order chi connectivity index (χ1) is 12.2. The molecule has 0 spiro atoms. The van der Waals surface area contributed by atoms with Gasteiger partial charge in [0.25, 0.3) is 0 Å². The van der Waals surface area contributed by atoms with E-state index in [-0.39, 0.29) is 17.5 Å². The van der Waals surface area contributed by atoms with Crippen molar-refractivity contribution in [2.45, 2.75) is 39.4 Å². The van der Waals surface area contributed by atoms with Crippen molar-refractivity contribution in [3.8, 4) is 0 Å². The standard InChI is InChI=1S/C20H21Cl2N3O/c1-13(26)18-23-25(17-11-9-16(22)10-12-17)19(24(18)20(2,3)4)14-5-7-15(21)8-6-14/h5-12,19H,1-4H3. The topological polar surface area (TPSA) is 35.9 Å². The predicted molar refractivity (Wildman–Crippen MR) is 108 cm³/mol. The molecule has 3 rings (SSSR count). The van der Waals surface area contributed by atoms with Crippen molar-refractivity contribution in [2.24, 2.45) is 5.10 Å². The van der Waals surface area contributed by atoms with Gasteiger partial charge in [0.1, 0.15) is 0 Å². The van der Waals surface area contributed by atoms with E-state index in [1.807, 2.05) is 58.4 Å². The monoisotopic (exact) mass is 389 g/mol. The molecular formula is C20H21Cl2N3O. The minimum Gasteiger partial charge on any atom is -0.321 e. The molecule has 1 aliphatic rings. The number of carbonyl (C=O) groups excluding carboxylic acids is 1. The molecule has 0 amide bonds. The maximum absolute atomic E-state index is 12.3. The Labute approximate surface area is 164 Å². The summed E-state index contributed by atoms with van der Waals surface area (Å²) in [6, 6.07) is 15.1. The second-order valence-corrected chi connectivity index (χ2v) is 8.14. The smallest absolute Gasteiger partial charge is 0.196 e. The summed E-state index contributed by atoms with van der Waals surface area (Å²) in [5, 5.41) is 7.85. The fourth-order valence-electron chi connectivity index (χ4n) is 3.07. The van der Waals surface area contributed by atoms with Crippen LogP contribution in [0.4, 0.5) is 5.69 Å². The number of ketones is 1. The minimum atomic E-state index is -0.310.